The number of rotatable bonds is 3. The summed E-state index contributed by atoms with van der Waals surface area (Å²) in [6.45, 7) is 3.09. The highest BCUT2D eigenvalue weighted by molar-refractivity contribution is 5.77. The predicted molar refractivity (Wildman–Crippen MR) is 45.6 cm³/mol. The highest BCUT2D eigenvalue weighted by Crippen LogP contribution is 2.05. The van der Waals surface area contributed by atoms with Gasteiger partial charge in [-0.1, -0.05) is 0 Å². The first-order valence-electron chi connectivity index (χ1n) is 4.38. The number of amides is 2. The van der Waals surface area contributed by atoms with Crippen LogP contribution in [0.1, 0.15) is 19.8 Å². The SMILES string of the molecule is CC(=O)NCCC(=O)N1CCCO1. The van der Waals surface area contributed by atoms with E-state index in [0.29, 0.717) is 26.1 Å². The average molecular weight is 186 g/mol. The van der Waals surface area contributed by atoms with Crippen LogP contribution in [0.4, 0.5) is 0 Å². The van der Waals surface area contributed by atoms with E-state index in [-0.39, 0.29) is 11.8 Å². The number of nitrogens with one attached hydrogen (secondary N) is 1. The van der Waals surface area contributed by atoms with Gasteiger partial charge in [0.05, 0.1) is 13.2 Å². The van der Waals surface area contributed by atoms with E-state index in [0.717, 1.165) is 6.42 Å². The minimum absolute atomic E-state index is 0.0637. The molecule has 2 amide bonds. The maximum absolute atomic E-state index is 11.3. The molecular formula is C8H14N2O3. The summed E-state index contributed by atoms with van der Waals surface area (Å²) in [5.41, 5.74) is 0. The van der Waals surface area contributed by atoms with Crippen LogP contribution in [-0.4, -0.2) is 36.6 Å². The van der Waals surface area contributed by atoms with Crippen molar-refractivity contribution in [3.63, 3.8) is 0 Å². The first-order valence-corrected chi connectivity index (χ1v) is 4.38. The molecule has 0 atom stereocenters. The number of hydrogen-bond acceptors (Lipinski definition) is 3. The van der Waals surface area contributed by atoms with Gasteiger partial charge in [0.25, 0.3) is 0 Å². The molecule has 5 heteroatoms. The molecule has 0 radical (unpaired) electrons. The zero-order valence-electron chi connectivity index (χ0n) is 7.71. The van der Waals surface area contributed by atoms with Crippen molar-refractivity contribution in [1.29, 1.82) is 0 Å². The Morgan fingerprint density at radius 2 is 2.31 bits per heavy atom. The van der Waals surface area contributed by atoms with Gasteiger partial charge in [-0.2, -0.15) is 0 Å². The van der Waals surface area contributed by atoms with Gasteiger partial charge in [0.1, 0.15) is 0 Å². The lowest BCUT2D eigenvalue weighted by Gasteiger charge is -2.13. The first-order chi connectivity index (χ1) is 6.20. The van der Waals surface area contributed by atoms with Crippen molar-refractivity contribution in [1.82, 2.24) is 10.4 Å². The summed E-state index contributed by atoms with van der Waals surface area (Å²) in [5.74, 6) is -0.179. The number of carbonyl (C=O) groups is 2. The third-order valence-corrected chi connectivity index (χ3v) is 1.74. The molecule has 1 N–H and O–H groups in total. The number of carbonyl (C=O) groups excluding carboxylic acids is 2. The van der Waals surface area contributed by atoms with E-state index in [9.17, 15) is 9.59 Å². The van der Waals surface area contributed by atoms with E-state index >= 15 is 0 Å². The smallest absolute Gasteiger partial charge is 0.247 e. The molecule has 0 unspecified atom stereocenters. The maximum atomic E-state index is 11.3. The van der Waals surface area contributed by atoms with Crippen LogP contribution in [0, 0.1) is 0 Å². The Kier molecular flexibility index (Phi) is 3.70. The summed E-state index contributed by atoms with van der Waals surface area (Å²) in [6, 6.07) is 0. The summed E-state index contributed by atoms with van der Waals surface area (Å²) >= 11 is 0. The van der Waals surface area contributed by atoms with Crippen LogP contribution in [0.3, 0.4) is 0 Å². The number of nitrogens with zero attached hydrogens (tertiary/aromatic N) is 1. The molecule has 1 fully saturated rings. The van der Waals surface area contributed by atoms with Gasteiger partial charge in [-0.15, -0.1) is 0 Å². The van der Waals surface area contributed by atoms with Gasteiger partial charge in [-0.3, -0.25) is 14.4 Å². The van der Waals surface area contributed by atoms with Gasteiger partial charge in [-0.05, 0) is 6.42 Å². The summed E-state index contributed by atoms with van der Waals surface area (Å²) in [7, 11) is 0. The topological polar surface area (TPSA) is 58.6 Å². The van der Waals surface area contributed by atoms with E-state index in [1.165, 1.54) is 12.0 Å². The van der Waals surface area contributed by atoms with Crippen molar-refractivity contribution in [2.24, 2.45) is 0 Å². The lowest BCUT2D eigenvalue weighted by molar-refractivity contribution is -0.168. The zero-order valence-corrected chi connectivity index (χ0v) is 7.71. The highest BCUT2D eigenvalue weighted by atomic mass is 16.7. The molecule has 0 aliphatic carbocycles. The molecule has 5 nitrogen and oxygen atoms in total. The lowest BCUT2D eigenvalue weighted by atomic mass is 10.3. The van der Waals surface area contributed by atoms with Gasteiger partial charge < -0.3 is 5.32 Å². The molecule has 0 saturated carbocycles. The Labute approximate surface area is 77.0 Å². The highest BCUT2D eigenvalue weighted by Gasteiger charge is 2.18. The summed E-state index contributed by atoms with van der Waals surface area (Å²) in [4.78, 5) is 26.8. The third-order valence-electron chi connectivity index (χ3n) is 1.74. The summed E-state index contributed by atoms with van der Waals surface area (Å²) in [5, 5.41) is 3.92. The van der Waals surface area contributed by atoms with E-state index in [4.69, 9.17) is 4.84 Å². The molecule has 13 heavy (non-hydrogen) atoms. The van der Waals surface area contributed by atoms with Crippen LogP contribution in [0.15, 0.2) is 0 Å². The molecule has 0 aromatic rings. The van der Waals surface area contributed by atoms with Gasteiger partial charge in [-0.25, -0.2) is 5.06 Å². The molecule has 1 aliphatic heterocycles. The van der Waals surface area contributed by atoms with Gasteiger partial charge in [0.15, 0.2) is 0 Å². The third kappa shape index (κ3) is 3.42. The number of hydrogen-bond donors (Lipinski definition) is 1. The van der Waals surface area contributed by atoms with E-state index in [1.54, 1.807) is 0 Å². The molecule has 1 aliphatic rings. The second-order valence-electron chi connectivity index (χ2n) is 2.92. The van der Waals surface area contributed by atoms with Crippen molar-refractivity contribution < 1.29 is 14.4 Å². The maximum Gasteiger partial charge on any atom is 0.247 e. The van der Waals surface area contributed by atoms with E-state index < -0.39 is 0 Å². The fourth-order valence-corrected chi connectivity index (χ4v) is 1.11. The Hall–Kier alpha value is -1.10. The van der Waals surface area contributed by atoms with Crippen molar-refractivity contribution in [2.45, 2.75) is 19.8 Å². The quantitative estimate of drug-likeness (QED) is 0.657. The molecule has 74 valence electrons. The van der Waals surface area contributed by atoms with Crippen LogP contribution >= 0.6 is 0 Å². The Bertz CT molecular complexity index is 200. The molecular weight excluding hydrogens is 172 g/mol. The second kappa shape index (κ2) is 4.81. The van der Waals surface area contributed by atoms with Gasteiger partial charge in [0.2, 0.25) is 11.8 Å². The molecule has 1 heterocycles. The Balaban J connectivity index is 2.13. The number of hydroxylamine groups is 2. The second-order valence-corrected chi connectivity index (χ2v) is 2.92. The molecule has 0 aromatic heterocycles. The normalized spacial score (nSPS) is 15.9. The van der Waals surface area contributed by atoms with Crippen molar-refractivity contribution in [3.8, 4) is 0 Å². The molecule has 0 aromatic carbocycles. The fraction of sp³-hybridized carbons (Fsp3) is 0.750. The Morgan fingerprint density at radius 1 is 1.54 bits per heavy atom. The Morgan fingerprint density at radius 3 is 2.85 bits per heavy atom. The van der Waals surface area contributed by atoms with E-state index in [2.05, 4.69) is 5.32 Å². The van der Waals surface area contributed by atoms with Crippen molar-refractivity contribution in [3.05, 3.63) is 0 Å². The van der Waals surface area contributed by atoms with Crippen molar-refractivity contribution >= 4 is 11.8 Å². The van der Waals surface area contributed by atoms with Gasteiger partial charge >= 0.3 is 0 Å². The fourth-order valence-electron chi connectivity index (χ4n) is 1.11. The molecule has 1 rings (SSSR count). The monoisotopic (exact) mass is 186 g/mol. The minimum atomic E-state index is -0.116. The van der Waals surface area contributed by atoms with Crippen LogP contribution < -0.4 is 5.32 Å². The average Bonchev–Trinajstić information content (AvgIpc) is 2.55. The molecule has 0 bridgehead atoms. The standard InChI is InChI=1S/C8H14N2O3/c1-7(11)9-4-3-8(12)10-5-2-6-13-10/h2-6H2,1H3,(H,9,11). The van der Waals surface area contributed by atoms with Crippen LogP contribution in [0.2, 0.25) is 0 Å². The molecule has 0 spiro atoms. The molecule has 1 saturated heterocycles. The summed E-state index contributed by atoms with van der Waals surface area (Å²) in [6.07, 6.45) is 1.20. The van der Waals surface area contributed by atoms with Gasteiger partial charge in [0, 0.05) is 19.9 Å². The zero-order chi connectivity index (χ0) is 9.68. The lowest BCUT2D eigenvalue weighted by Crippen LogP contribution is -2.31. The van der Waals surface area contributed by atoms with Crippen LogP contribution in [0.5, 0.6) is 0 Å². The van der Waals surface area contributed by atoms with Crippen molar-refractivity contribution in [2.75, 3.05) is 19.7 Å². The minimum Gasteiger partial charge on any atom is -0.356 e. The summed E-state index contributed by atoms with van der Waals surface area (Å²) < 4.78 is 0. The first kappa shape index (κ1) is 9.98. The largest absolute Gasteiger partial charge is 0.356 e. The van der Waals surface area contributed by atoms with E-state index in [1.807, 2.05) is 0 Å². The predicted octanol–water partition coefficient (Wildman–Crippen LogP) is -0.324. The van der Waals surface area contributed by atoms with Crippen LogP contribution in [-0.2, 0) is 14.4 Å². The van der Waals surface area contributed by atoms with Crippen LogP contribution in [0.25, 0.3) is 0 Å².